The molecule has 6 nitrogen and oxygen atoms in total. The molecule has 150 valence electrons. The van der Waals surface area contributed by atoms with Crippen molar-refractivity contribution in [2.45, 2.75) is 35.1 Å². The Labute approximate surface area is 168 Å². The summed E-state index contributed by atoms with van der Waals surface area (Å²) >= 11 is 1.23. The Hall–Kier alpha value is -1.97. The van der Waals surface area contributed by atoms with E-state index in [1.54, 1.807) is 10.8 Å². The summed E-state index contributed by atoms with van der Waals surface area (Å²) in [5.74, 6) is -0.602. The van der Waals surface area contributed by atoms with Crippen LogP contribution >= 0.6 is 11.8 Å². The minimum Gasteiger partial charge on any atom is -0.309 e. The summed E-state index contributed by atoms with van der Waals surface area (Å²) in [6, 6.07) is 5.01. The molecule has 0 radical (unpaired) electrons. The lowest BCUT2D eigenvalue weighted by Crippen LogP contribution is -2.17. The molecule has 0 N–H and O–H groups in total. The number of thioether (sulfide) groups is 1. The van der Waals surface area contributed by atoms with Crippen LogP contribution < -0.4 is 0 Å². The second-order valence-corrected chi connectivity index (χ2v) is 9.53. The fourth-order valence-electron chi connectivity index (χ4n) is 3.14. The number of hydrogen-bond donors (Lipinski definition) is 0. The number of rotatable bonds is 6. The van der Waals surface area contributed by atoms with Crippen LogP contribution in [0.4, 0.5) is 4.39 Å². The Morgan fingerprint density at radius 2 is 1.96 bits per heavy atom. The molecule has 0 aliphatic heterocycles. The van der Waals surface area contributed by atoms with Crippen molar-refractivity contribution in [1.82, 2.24) is 19.5 Å². The van der Waals surface area contributed by atoms with Crippen LogP contribution in [0.5, 0.6) is 0 Å². The summed E-state index contributed by atoms with van der Waals surface area (Å²) in [6.07, 6.45) is 2.55. The van der Waals surface area contributed by atoms with Gasteiger partial charge in [0.05, 0.1) is 4.90 Å². The maximum Gasteiger partial charge on any atom is 0.213 e. The van der Waals surface area contributed by atoms with Gasteiger partial charge in [0, 0.05) is 17.9 Å². The zero-order valence-corrected chi connectivity index (χ0v) is 18.2. The van der Waals surface area contributed by atoms with Crippen molar-refractivity contribution in [3.05, 3.63) is 47.0 Å². The predicted molar refractivity (Wildman–Crippen MR) is 108 cm³/mol. The summed E-state index contributed by atoms with van der Waals surface area (Å²) in [4.78, 5) is 6.59. The molecule has 0 spiro atoms. The van der Waals surface area contributed by atoms with E-state index in [-0.39, 0.29) is 15.4 Å². The molecule has 9 heteroatoms. The maximum atomic E-state index is 13.7. The van der Waals surface area contributed by atoms with E-state index in [0.717, 1.165) is 36.0 Å². The largest absolute Gasteiger partial charge is 0.309 e. The van der Waals surface area contributed by atoms with Crippen LogP contribution in [0.25, 0.3) is 5.65 Å². The number of fused-ring (bicyclic) bond motifs is 1. The molecule has 0 atom stereocenters. The summed E-state index contributed by atoms with van der Waals surface area (Å²) in [5, 5.41) is 4.86. The molecule has 0 fully saturated rings. The van der Waals surface area contributed by atoms with Crippen molar-refractivity contribution < 1.29 is 12.8 Å². The van der Waals surface area contributed by atoms with Crippen molar-refractivity contribution in [1.29, 1.82) is 0 Å². The second kappa shape index (κ2) is 7.81. The smallest absolute Gasteiger partial charge is 0.213 e. The zero-order chi connectivity index (χ0) is 20.6. The van der Waals surface area contributed by atoms with E-state index >= 15 is 0 Å². The topological polar surface area (TPSA) is 67.6 Å². The van der Waals surface area contributed by atoms with Gasteiger partial charge in [0.25, 0.3) is 0 Å². The quantitative estimate of drug-likeness (QED) is 0.569. The molecule has 2 aromatic heterocycles. The van der Waals surface area contributed by atoms with Gasteiger partial charge in [-0.05, 0) is 64.4 Å². The van der Waals surface area contributed by atoms with Crippen LogP contribution in [0, 0.1) is 19.7 Å². The first-order valence-electron chi connectivity index (χ1n) is 8.75. The van der Waals surface area contributed by atoms with Gasteiger partial charge in [0.1, 0.15) is 10.8 Å². The van der Waals surface area contributed by atoms with Crippen LogP contribution in [0.1, 0.15) is 17.0 Å². The van der Waals surface area contributed by atoms with E-state index in [0.29, 0.717) is 5.03 Å². The Kier molecular flexibility index (Phi) is 5.79. The summed E-state index contributed by atoms with van der Waals surface area (Å²) in [6.45, 7) is 4.64. The first-order valence-corrected chi connectivity index (χ1v) is 11.5. The van der Waals surface area contributed by atoms with Gasteiger partial charge >= 0.3 is 0 Å². The number of benzene rings is 1. The molecule has 0 unspecified atom stereocenters. The molecule has 0 saturated heterocycles. The van der Waals surface area contributed by atoms with Gasteiger partial charge in [-0.25, -0.2) is 22.3 Å². The van der Waals surface area contributed by atoms with Crippen LogP contribution in [-0.4, -0.2) is 54.8 Å². The molecule has 0 saturated carbocycles. The second-order valence-electron chi connectivity index (χ2n) is 6.85. The van der Waals surface area contributed by atoms with E-state index in [9.17, 15) is 12.8 Å². The molecular formula is C19H23FN4O2S2. The number of halogens is 1. The van der Waals surface area contributed by atoms with Crippen molar-refractivity contribution in [2.24, 2.45) is 0 Å². The molecule has 2 heterocycles. The lowest BCUT2D eigenvalue weighted by Gasteiger charge is -2.14. The molecule has 3 aromatic rings. The first-order chi connectivity index (χ1) is 13.2. The molecule has 3 rings (SSSR count). The highest BCUT2D eigenvalue weighted by atomic mass is 32.2. The summed E-state index contributed by atoms with van der Waals surface area (Å²) in [5.41, 5.74) is 2.96. The molecular weight excluding hydrogens is 399 g/mol. The molecule has 1 aromatic carbocycles. The van der Waals surface area contributed by atoms with Crippen molar-refractivity contribution in [2.75, 3.05) is 26.9 Å². The van der Waals surface area contributed by atoms with Crippen molar-refractivity contribution >= 4 is 27.2 Å². The fraction of sp³-hybridized carbons (Fsp3) is 0.368. The first kappa shape index (κ1) is 20.8. The number of aryl methyl sites for hydroxylation is 2. The number of sulfone groups is 1. The Morgan fingerprint density at radius 3 is 2.57 bits per heavy atom. The van der Waals surface area contributed by atoms with Gasteiger partial charge in [0.2, 0.25) is 9.84 Å². The van der Waals surface area contributed by atoms with Gasteiger partial charge in [-0.15, -0.1) is 11.8 Å². The third kappa shape index (κ3) is 3.66. The van der Waals surface area contributed by atoms with Crippen LogP contribution in [0.2, 0.25) is 0 Å². The monoisotopic (exact) mass is 422 g/mol. The SMILES string of the molecule is CSc1nn2c(C)c(CCN(C)C)c(C)nc2c1S(=O)(=O)c1cccc(F)c1. The van der Waals surface area contributed by atoms with Crippen LogP contribution in [0.15, 0.2) is 39.1 Å². The van der Waals surface area contributed by atoms with Crippen molar-refractivity contribution in [3.8, 4) is 0 Å². The number of hydrogen-bond acceptors (Lipinski definition) is 6. The van der Waals surface area contributed by atoms with E-state index in [1.165, 1.54) is 30.0 Å². The average molecular weight is 423 g/mol. The Balaban J connectivity index is 2.26. The minimum absolute atomic E-state index is 0.0240. The number of aromatic nitrogens is 3. The van der Waals surface area contributed by atoms with Gasteiger partial charge in [-0.3, -0.25) is 0 Å². The number of nitrogens with zero attached hydrogens (tertiary/aromatic N) is 4. The Morgan fingerprint density at radius 1 is 1.25 bits per heavy atom. The van der Waals surface area contributed by atoms with E-state index in [4.69, 9.17) is 0 Å². The van der Waals surface area contributed by atoms with Gasteiger partial charge in [-0.1, -0.05) is 6.07 Å². The molecule has 28 heavy (non-hydrogen) atoms. The third-order valence-electron chi connectivity index (χ3n) is 4.63. The summed E-state index contributed by atoms with van der Waals surface area (Å²) in [7, 11) is 0.0256. The fourth-order valence-corrected chi connectivity index (χ4v) is 5.56. The van der Waals surface area contributed by atoms with E-state index in [1.807, 2.05) is 27.9 Å². The normalized spacial score (nSPS) is 12.2. The highest BCUT2D eigenvalue weighted by Crippen LogP contribution is 2.33. The average Bonchev–Trinajstić information content (AvgIpc) is 3.00. The van der Waals surface area contributed by atoms with Crippen LogP contribution in [-0.2, 0) is 16.3 Å². The third-order valence-corrected chi connectivity index (χ3v) is 7.22. The van der Waals surface area contributed by atoms with Gasteiger partial charge in [0.15, 0.2) is 10.5 Å². The highest BCUT2D eigenvalue weighted by Gasteiger charge is 2.30. The summed E-state index contributed by atoms with van der Waals surface area (Å²) < 4.78 is 41.8. The standard InChI is InChI=1S/C19H23FN4O2S2/c1-12-16(9-10-23(3)4)13(2)24-18(21-12)17(19(22-24)27-5)28(25,26)15-8-6-7-14(20)11-15/h6-8,11H,9-10H2,1-5H3. The van der Waals surface area contributed by atoms with Gasteiger partial charge in [-0.2, -0.15) is 5.10 Å². The molecule has 0 amide bonds. The lowest BCUT2D eigenvalue weighted by molar-refractivity contribution is 0.412. The highest BCUT2D eigenvalue weighted by molar-refractivity contribution is 7.99. The molecule has 0 aliphatic rings. The number of likely N-dealkylation sites (N-methyl/N-ethyl adjacent to an activating group) is 1. The minimum atomic E-state index is -3.97. The Bertz CT molecular complexity index is 1140. The lowest BCUT2D eigenvalue weighted by atomic mass is 10.1. The zero-order valence-electron chi connectivity index (χ0n) is 16.5. The molecule has 0 bridgehead atoms. The van der Waals surface area contributed by atoms with Gasteiger partial charge < -0.3 is 4.90 Å². The van der Waals surface area contributed by atoms with E-state index < -0.39 is 15.7 Å². The predicted octanol–water partition coefficient (Wildman–Crippen LogP) is 3.14. The van der Waals surface area contributed by atoms with E-state index in [2.05, 4.69) is 15.0 Å². The molecule has 0 aliphatic carbocycles. The maximum absolute atomic E-state index is 13.7. The van der Waals surface area contributed by atoms with Crippen molar-refractivity contribution in [3.63, 3.8) is 0 Å². The van der Waals surface area contributed by atoms with Crippen LogP contribution in [0.3, 0.4) is 0 Å².